The molecule has 2 rings (SSSR count). The van der Waals surface area contributed by atoms with Crippen LogP contribution in [0.3, 0.4) is 0 Å². The molecule has 2 aromatic rings. The number of carbonyl (C=O) groups excluding carboxylic acids is 2. The second-order valence-electron chi connectivity index (χ2n) is 6.59. The van der Waals surface area contributed by atoms with Crippen molar-refractivity contribution in [2.75, 3.05) is 6.61 Å². The van der Waals surface area contributed by atoms with Crippen LogP contribution in [0.1, 0.15) is 36.9 Å². The number of ether oxygens (including phenoxy) is 2. The Bertz CT molecular complexity index is 896. The Hall–Kier alpha value is -2.65. The van der Waals surface area contributed by atoms with Gasteiger partial charge in [-0.15, -0.1) is 0 Å². The molecule has 0 saturated carbocycles. The lowest BCUT2D eigenvalue weighted by atomic mass is 10.2. The molecule has 9 heteroatoms. The number of furan rings is 1. The van der Waals surface area contributed by atoms with Gasteiger partial charge in [0, 0.05) is 0 Å². The molecule has 0 aliphatic heterocycles. The maximum absolute atomic E-state index is 12.3. The Morgan fingerprint density at radius 2 is 1.89 bits per heavy atom. The molecule has 1 N–H and O–H groups in total. The highest BCUT2D eigenvalue weighted by Crippen LogP contribution is 2.14. The van der Waals surface area contributed by atoms with Crippen molar-refractivity contribution in [1.29, 1.82) is 0 Å². The predicted molar refractivity (Wildman–Crippen MR) is 95.3 cm³/mol. The van der Waals surface area contributed by atoms with Gasteiger partial charge < -0.3 is 13.9 Å². The van der Waals surface area contributed by atoms with Gasteiger partial charge in [-0.05, 0) is 51.1 Å². The summed E-state index contributed by atoms with van der Waals surface area (Å²) in [5, 5.41) is 0. The Labute approximate surface area is 157 Å². The standard InChI is InChI=1S/C18H21NO7S/c1-18(2,3)26-16(20)12-25-17(21)13-6-4-8-15(10-13)27(22,23)19-11-14-7-5-9-24-14/h4-10,19H,11-12H2,1-3H3. The minimum atomic E-state index is -3.86. The summed E-state index contributed by atoms with van der Waals surface area (Å²) in [6.45, 7) is 4.48. The van der Waals surface area contributed by atoms with Gasteiger partial charge in [0.05, 0.1) is 23.3 Å². The summed E-state index contributed by atoms with van der Waals surface area (Å²) in [6.07, 6.45) is 1.44. The van der Waals surface area contributed by atoms with Crippen LogP contribution in [0.2, 0.25) is 0 Å². The van der Waals surface area contributed by atoms with Gasteiger partial charge >= 0.3 is 11.9 Å². The smallest absolute Gasteiger partial charge is 0.344 e. The summed E-state index contributed by atoms with van der Waals surface area (Å²) in [5.41, 5.74) is -0.698. The van der Waals surface area contributed by atoms with Gasteiger partial charge in [-0.3, -0.25) is 0 Å². The number of rotatable bonds is 7. The van der Waals surface area contributed by atoms with E-state index in [0.717, 1.165) is 0 Å². The van der Waals surface area contributed by atoms with Crippen LogP contribution >= 0.6 is 0 Å². The number of hydrogen-bond donors (Lipinski definition) is 1. The van der Waals surface area contributed by atoms with E-state index in [1.807, 2.05) is 0 Å². The number of carbonyl (C=O) groups is 2. The first-order valence-electron chi connectivity index (χ1n) is 8.08. The van der Waals surface area contributed by atoms with Crippen molar-refractivity contribution in [3.05, 3.63) is 54.0 Å². The van der Waals surface area contributed by atoms with Crippen molar-refractivity contribution in [3.8, 4) is 0 Å². The van der Waals surface area contributed by atoms with E-state index < -0.39 is 34.2 Å². The summed E-state index contributed by atoms with van der Waals surface area (Å²) in [6, 6.07) is 8.59. The van der Waals surface area contributed by atoms with Gasteiger partial charge in [-0.1, -0.05) is 6.07 Å². The van der Waals surface area contributed by atoms with Crippen LogP contribution in [0.15, 0.2) is 52.0 Å². The molecule has 0 aliphatic rings. The van der Waals surface area contributed by atoms with E-state index in [2.05, 4.69) is 4.72 Å². The topological polar surface area (TPSA) is 112 Å². The van der Waals surface area contributed by atoms with Crippen molar-refractivity contribution in [3.63, 3.8) is 0 Å². The highest BCUT2D eigenvalue weighted by atomic mass is 32.2. The lowest BCUT2D eigenvalue weighted by Gasteiger charge is -2.19. The molecular formula is C18H21NO7S. The molecule has 0 aliphatic carbocycles. The van der Waals surface area contributed by atoms with Crippen LogP contribution in [0, 0.1) is 0 Å². The largest absolute Gasteiger partial charge is 0.468 e. The molecule has 0 radical (unpaired) electrons. The van der Waals surface area contributed by atoms with Gasteiger partial charge in [0.1, 0.15) is 11.4 Å². The van der Waals surface area contributed by atoms with Gasteiger partial charge in [0.2, 0.25) is 10.0 Å². The monoisotopic (exact) mass is 395 g/mol. The Balaban J connectivity index is 2.01. The lowest BCUT2D eigenvalue weighted by molar-refractivity contribution is -0.158. The number of benzene rings is 1. The average Bonchev–Trinajstić information content (AvgIpc) is 3.10. The zero-order chi connectivity index (χ0) is 20.1. The number of nitrogens with one attached hydrogen (secondary N) is 1. The molecule has 0 amide bonds. The van der Waals surface area contributed by atoms with Crippen molar-refractivity contribution >= 4 is 22.0 Å². The van der Waals surface area contributed by atoms with E-state index >= 15 is 0 Å². The minimum absolute atomic E-state index is 0.000526. The van der Waals surface area contributed by atoms with Crippen LogP contribution in [-0.2, 0) is 30.8 Å². The van der Waals surface area contributed by atoms with Crippen molar-refractivity contribution in [1.82, 2.24) is 4.72 Å². The van der Waals surface area contributed by atoms with E-state index in [1.165, 1.54) is 30.5 Å². The Morgan fingerprint density at radius 3 is 2.52 bits per heavy atom. The van der Waals surface area contributed by atoms with Crippen LogP contribution in [0.5, 0.6) is 0 Å². The number of esters is 2. The van der Waals surface area contributed by atoms with Gasteiger partial charge in [-0.2, -0.15) is 0 Å². The van der Waals surface area contributed by atoms with Crippen LogP contribution in [0.4, 0.5) is 0 Å². The summed E-state index contributed by atoms with van der Waals surface area (Å²) in [4.78, 5) is 23.6. The van der Waals surface area contributed by atoms with Gasteiger partial charge in [-0.25, -0.2) is 22.7 Å². The van der Waals surface area contributed by atoms with Crippen molar-refractivity contribution < 1.29 is 31.9 Å². The second kappa shape index (κ2) is 8.36. The minimum Gasteiger partial charge on any atom is -0.468 e. The summed E-state index contributed by atoms with van der Waals surface area (Å²) in [5.74, 6) is -1.07. The zero-order valence-corrected chi connectivity index (χ0v) is 16.0. The quantitative estimate of drug-likeness (QED) is 0.716. The normalized spacial score (nSPS) is 11.8. The van der Waals surface area contributed by atoms with Crippen LogP contribution in [-0.4, -0.2) is 32.6 Å². The number of hydrogen-bond acceptors (Lipinski definition) is 7. The predicted octanol–water partition coefficient (Wildman–Crippen LogP) is 2.26. The van der Waals surface area contributed by atoms with E-state index in [9.17, 15) is 18.0 Å². The Morgan fingerprint density at radius 1 is 1.15 bits per heavy atom. The third-order valence-electron chi connectivity index (χ3n) is 3.14. The summed E-state index contributed by atoms with van der Waals surface area (Å²) >= 11 is 0. The molecule has 0 saturated heterocycles. The van der Waals surface area contributed by atoms with E-state index in [4.69, 9.17) is 13.9 Å². The van der Waals surface area contributed by atoms with Crippen LogP contribution in [0.25, 0.3) is 0 Å². The Kier molecular flexibility index (Phi) is 6.40. The lowest BCUT2D eigenvalue weighted by Crippen LogP contribution is -2.27. The number of sulfonamides is 1. The summed E-state index contributed by atoms with van der Waals surface area (Å²) in [7, 11) is -3.86. The molecule has 1 aromatic heterocycles. The maximum Gasteiger partial charge on any atom is 0.344 e. The fraction of sp³-hybridized carbons (Fsp3) is 0.333. The first kappa shape index (κ1) is 20.7. The van der Waals surface area contributed by atoms with Crippen LogP contribution < -0.4 is 4.72 Å². The SMILES string of the molecule is CC(C)(C)OC(=O)COC(=O)c1cccc(S(=O)(=O)NCc2ccco2)c1. The molecule has 0 fully saturated rings. The molecule has 0 unspecified atom stereocenters. The van der Waals surface area contributed by atoms with Crippen molar-refractivity contribution in [2.24, 2.45) is 0 Å². The molecule has 146 valence electrons. The molecular weight excluding hydrogens is 374 g/mol. The van der Waals surface area contributed by atoms with Gasteiger partial charge in [0.15, 0.2) is 6.61 Å². The molecule has 0 spiro atoms. The zero-order valence-electron chi connectivity index (χ0n) is 15.2. The summed E-state index contributed by atoms with van der Waals surface area (Å²) < 4.78 is 42.1. The molecule has 8 nitrogen and oxygen atoms in total. The molecule has 27 heavy (non-hydrogen) atoms. The fourth-order valence-corrected chi connectivity index (χ4v) is 3.07. The van der Waals surface area contributed by atoms with Crippen molar-refractivity contribution in [2.45, 2.75) is 37.8 Å². The highest BCUT2D eigenvalue weighted by molar-refractivity contribution is 7.89. The maximum atomic E-state index is 12.3. The highest BCUT2D eigenvalue weighted by Gasteiger charge is 2.20. The van der Waals surface area contributed by atoms with E-state index in [1.54, 1.807) is 32.9 Å². The first-order valence-corrected chi connectivity index (χ1v) is 9.56. The first-order chi connectivity index (χ1) is 12.6. The third-order valence-corrected chi connectivity index (χ3v) is 4.54. The fourth-order valence-electron chi connectivity index (χ4n) is 2.03. The molecule has 1 heterocycles. The van der Waals surface area contributed by atoms with E-state index in [0.29, 0.717) is 5.76 Å². The van der Waals surface area contributed by atoms with Gasteiger partial charge in [0.25, 0.3) is 0 Å². The molecule has 1 aromatic carbocycles. The second-order valence-corrected chi connectivity index (χ2v) is 8.36. The molecule has 0 bridgehead atoms. The van der Waals surface area contributed by atoms with E-state index in [-0.39, 0.29) is 17.0 Å². The molecule has 0 atom stereocenters. The average molecular weight is 395 g/mol. The third kappa shape index (κ3) is 6.54.